The first-order chi connectivity index (χ1) is 16.4. The number of methoxy groups -OCH3 is 2. The van der Waals surface area contributed by atoms with Crippen LogP contribution in [0.15, 0.2) is 48.7 Å². The highest BCUT2D eigenvalue weighted by Crippen LogP contribution is 2.31. The van der Waals surface area contributed by atoms with Gasteiger partial charge in [-0.05, 0) is 60.4 Å². The van der Waals surface area contributed by atoms with E-state index in [4.69, 9.17) is 21.1 Å². The molecule has 2 heterocycles. The number of benzene rings is 2. The highest BCUT2D eigenvalue weighted by Gasteiger charge is 2.27. The van der Waals surface area contributed by atoms with Gasteiger partial charge >= 0.3 is 0 Å². The summed E-state index contributed by atoms with van der Waals surface area (Å²) in [6.07, 6.45) is 1.19. The van der Waals surface area contributed by atoms with E-state index in [2.05, 4.69) is 10.3 Å². The smallest absolute Gasteiger partial charge is 0.255 e. The van der Waals surface area contributed by atoms with E-state index >= 15 is 0 Å². The van der Waals surface area contributed by atoms with Crippen molar-refractivity contribution in [2.45, 2.75) is 26.1 Å². The molecule has 1 atom stereocenters. The van der Waals surface area contributed by atoms with Gasteiger partial charge in [0.25, 0.3) is 5.91 Å². The number of aryl methyl sites for hydroxylation is 1. The second kappa shape index (κ2) is 10.3. The fourth-order valence-corrected chi connectivity index (χ4v) is 4.41. The SMILES string of the molecule is COc1ccc(CNC(=O)c2cc(-c3cc(C)cc(Cl)c3)cnc2N2CCC(F)C2)cc1OC. The Morgan fingerprint density at radius 2 is 1.94 bits per heavy atom. The molecular formula is C26H27ClFN3O3. The lowest BCUT2D eigenvalue weighted by atomic mass is 10.0. The molecule has 2 aromatic carbocycles. The van der Waals surface area contributed by atoms with Crippen LogP contribution in [0.2, 0.25) is 5.02 Å². The summed E-state index contributed by atoms with van der Waals surface area (Å²) in [6.45, 7) is 2.97. The number of anilines is 1. The van der Waals surface area contributed by atoms with Gasteiger partial charge in [-0.25, -0.2) is 9.37 Å². The molecule has 6 nitrogen and oxygen atoms in total. The number of alkyl halides is 1. The zero-order valence-electron chi connectivity index (χ0n) is 19.4. The molecule has 8 heteroatoms. The van der Waals surface area contributed by atoms with Crippen molar-refractivity contribution >= 4 is 23.3 Å². The first-order valence-electron chi connectivity index (χ1n) is 11.0. The first kappa shape index (κ1) is 23.8. The van der Waals surface area contributed by atoms with Gasteiger partial charge in [0, 0.05) is 29.9 Å². The Morgan fingerprint density at radius 1 is 1.15 bits per heavy atom. The number of ether oxygens (including phenoxy) is 2. The highest BCUT2D eigenvalue weighted by molar-refractivity contribution is 6.31. The highest BCUT2D eigenvalue weighted by atomic mass is 35.5. The minimum atomic E-state index is -0.931. The molecule has 1 N–H and O–H groups in total. The topological polar surface area (TPSA) is 63.7 Å². The first-order valence-corrected chi connectivity index (χ1v) is 11.4. The summed E-state index contributed by atoms with van der Waals surface area (Å²) in [5, 5.41) is 3.57. The zero-order valence-corrected chi connectivity index (χ0v) is 20.2. The Bertz CT molecular complexity index is 1180. The van der Waals surface area contributed by atoms with Crippen LogP contribution >= 0.6 is 11.6 Å². The minimum Gasteiger partial charge on any atom is -0.493 e. The van der Waals surface area contributed by atoms with Gasteiger partial charge < -0.3 is 19.7 Å². The lowest BCUT2D eigenvalue weighted by Crippen LogP contribution is -2.28. The Hall–Kier alpha value is -3.32. The molecule has 1 amide bonds. The van der Waals surface area contributed by atoms with Crippen molar-refractivity contribution in [3.63, 3.8) is 0 Å². The predicted molar refractivity (Wildman–Crippen MR) is 132 cm³/mol. The third-order valence-corrected chi connectivity index (χ3v) is 6.04. The van der Waals surface area contributed by atoms with Crippen LogP contribution in [0.3, 0.4) is 0 Å². The number of hydrogen-bond acceptors (Lipinski definition) is 5. The summed E-state index contributed by atoms with van der Waals surface area (Å²) in [5.74, 6) is 1.39. The van der Waals surface area contributed by atoms with E-state index in [1.165, 1.54) is 0 Å². The number of amides is 1. The van der Waals surface area contributed by atoms with Gasteiger partial charge in [-0.1, -0.05) is 23.7 Å². The molecule has 34 heavy (non-hydrogen) atoms. The number of pyridine rings is 1. The Labute approximate surface area is 203 Å². The van der Waals surface area contributed by atoms with Crippen LogP contribution in [0.5, 0.6) is 11.5 Å². The second-order valence-corrected chi connectivity index (χ2v) is 8.75. The van der Waals surface area contributed by atoms with E-state index in [0.717, 1.165) is 22.3 Å². The van der Waals surface area contributed by atoms with Gasteiger partial charge in [0.2, 0.25) is 0 Å². The molecule has 1 saturated heterocycles. The Morgan fingerprint density at radius 3 is 2.62 bits per heavy atom. The van der Waals surface area contributed by atoms with Crippen molar-refractivity contribution in [2.75, 3.05) is 32.2 Å². The van der Waals surface area contributed by atoms with Crippen molar-refractivity contribution in [1.29, 1.82) is 0 Å². The molecule has 0 spiro atoms. The molecule has 1 fully saturated rings. The molecule has 178 valence electrons. The normalized spacial score (nSPS) is 15.3. The van der Waals surface area contributed by atoms with Crippen molar-refractivity contribution in [3.8, 4) is 22.6 Å². The number of hydrogen-bond donors (Lipinski definition) is 1. The number of carbonyl (C=O) groups is 1. The standard InChI is InChI=1S/C26H27ClFN3O3/c1-16-8-18(11-20(27)9-16)19-12-22(25(29-14-19)31-7-6-21(28)15-31)26(32)30-13-17-4-5-23(33-2)24(10-17)34-3/h4-5,8-12,14,21H,6-7,13,15H2,1-3H3,(H,30,32). The van der Waals surface area contributed by atoms with Crippen molar-refractivity contribution in [1.82, 2.24) is 10.3 Å². The molecule has 1 aromatic heterocycles. The monoisotopic (exact) mass is 483 g/mol. The number of aromatic nitrogens is 1. The molecule has 0 bridgehead atoms. The maximum absolute atomic E-state index is 13.9. The summed E-state index contributed by atoms with van der Waals surface area (Å²) >= 11 is 6.25. The van der Waals surface area contributed by atoms with E-state index in [9.17, 15) is 9.18 Å². The lowest BCUT2D eigenvalue weighted by Gasteiger charge is -2.20. The van der Waals surface area contributed by atoms with Crippen molar-refractivity contribution in [3.05, 3.63) is 70.4 Å². The average molecular weight is 484 g/mol. The summed E-state index contributed by atoms with van der Waals surface area (Å²) in [7, 11) is 3.14. The Balaban J connectivity index is 1.64. The van der Waals surface area contributed by atoms with Crippen LogP contribution in [0, 0.1) is 6.92 Å². The van der Waals surface area contributed by atoms with Crippen molar-refractivity contribution in [2.24, 2.45) is 0 Å². The minimum absolute atomic E-state index is 0.221. The molecule has 0 aliphatic carbocycles. The zero-order chi connectivity index (χ0) is 24.2. The van der Waals surface area contributed by atoms with E-state index in [-0.39, 0.29) is 19.0 Å². The second-order valence-electron chi connectivity index (χ2n) is 8.32. The number of nitrogens with one attached hydrogen (secondary N) is 1. The van der Waals surface area contributed by atoms with E-state index in [1.807, 2.05) is 42.2 Å². The molecule has 0 radical (unpaired) electrons. The van der Waals surface area contributed by atoms with Gasteiger partial charge in [-0.3, -0.25) is 4.79 Å². The molecule has 1 unspecified atom stereocenters. The maximum Gasteiger partial charge on any atom is 0.255 e. The molecular weight excluding hydrogens is 457 g/mol. The van der Waals surface area contributed by atoms with Crippen LogP contribution in [0.25, 0.3) is 11.1 Å². The van der Waals surface area contributed by atoms with Gasteiger partial charge in [0.05, 0.1) is 26.3 Å². The number of nitrogens with zero attached hydrogens (tertiary/aromatic N) is 2. The van der Waals surface area contributed by atoms with E-state index in [1.54, 1.807) is 32.5 Å². The summed E-state index contributed by atoms with van der Waals surface area (Å²) < 4.78 is 24.5. The Kier molecular flexibility index (Phi) is 7.22. The van der Waals surface area contributed by atoms with Gasteiger partial charge in [-0.2, -0.15) is 0 Å². The summed E-state index contributed by atoms with van der Waals surface area (Å²) in [5.41, 5.74) is 3.88. The third kappa shape index (κ3) is 5.25. The van der Waals surface area contributed by atoms with Crippen LogP contribution in [0.4, 0.5) is 10.2 Å². The van der Waals surface area contributed by atoms with Crippen LogP contribution < -0.4 is 19.7 Å². The summed E-state index contributed by atoms with van der Waals surface area (Å²) in [4.78, 5) is 19.7. The van der Waals surface area contributed by atoms with Crippen LogP contribution in [0.1, 0.15) is 27.9 Å². The predicted octanol–water partition coefficient (Wildman–Crippen LogP) is 5.21. The fourth-order valence-electron chi connectivity index (χ4n) is 4.12. The quantitative estimate of drug-likeness (QED) is 0.500. The van der Waals surface area contributed by atoms with Crippen LogP contribution in [-0.2, 0) is 6.54 Å². The maximum atomic E-state index is 13.9. The molecule has 3 aromatic rings. The largest absolute Gasteiger partial charge is 0.493 e. The average Bonchev–Trinajstić information content (AvgIpc) is 3.27. The van der Waals surface area contributed by atoms with E-state index < -0.39 is 6.17 Å². The van der Waals surface area contributed by atoms with E-state index in [0.29, 0.717) is 40.9 Å². The number of carbonyl (C=O) groups excluding carboxylic acids is 1. The summed E-state index contributed by atoms with van der Waals surface area (Å²) in [6, 6.07) is 13.0. The lowest BCUT2D eigenvalue weighted by molar-refractivity contribution is 0.0951. The fraction of sp³-hybridized carbons (Fsp3) is 0.308. The molecule has 0 saturated carbocycles. The van der Waals surface area contributed by atoms with Gasteiger partial charge in [0.1, 0.15) is 12.0 Å². The third-order valence-electron chi connectivity index (χ3n) is 5.82. The molecule has 1 aliphatic heterocycles. The number of halogens is 2. The van der Waals surface area contributed by atoms with Gasteiger partial charge in [-0.15, -0.1) is 0 Å². The van der Waals surface area contributed by atoms with Crippen molar-refractivity contribution < 1.29 is 18.7 Å². The number of rotatable bonds is 7. The molecule has 4 rings (SSSR count). The molecule has 1 aliphatic rings. The van der Waals surface area contributed by atoms with Crippen LogP contribution in [-0.4, -0.2) is 44.4 Å². The van der Waals surface area contributed by atoms with Gasteiger partial charge in [0.15, 0.2) is 11.5 Å².